The van der Waals surface area contributed by atoms with Crippen LogP contribution in [0.4, 0.5) is 11.4 Å². The smallest absolute Gasteiger partial charge is 0.269 e. The lowest BCUT2D eigenvalue weighted by molar-refractivity contribution is -0.384. The molecule has 1 saturated heterocycles. The van der Waals surface area contributed by atoms with Gasteiger partial charge in [0.25, 0.3) is 11.6 Å². The molecule has 7 heteroatoms. The highest BCUT2D eigenvalue weighted by atomic mass is 16.6. The predicted octanol–water partition coefficient (Wildman–Crippen LogP) is 1.85. The molecular weight excluding hydrogens is 274 g/mol. The summed E-state index contributed by atoms with van der Waals surface area (Å²) in [7, 11) is 0. The minimum Gasteiger partial charge on any atom is -0.373 e. The van der Waals surface area contributed by atoms with Gasteiger partial charge in [0.15, 0.2) is 0 Å². The summed E-state index contributed by atoms with van der Waals surface area (Å²) in [6, 6.07) is 3.58. The number of likely N-dealkylation sites (tertiary alicyclic amines) is 1. The van der Waals surface area contributed by atoms with E-state index in [-0.39, 0.29) is 30.0 Å². The number of anilines is 1. The van der Waals surface area contributed by atoms with Crippen LogP contribution in [0, 0.1) is 17.0 Å². The lowest BCUT2D eigenvalue weighted by Crippen LogP contribution is -2.39. The van der Waals surface area contributed by atoms with Crippen LogP contribution >= 0.6 is 0 Å². The summed E-state index contributed by atoms with van der Waals surface area (Å²) in [6.07, 6.45) is 0.105. The fraction of sp³-hybridized carbons (Fsp3) is 0.429. The van der Waals surface area contributed by atoms with E-state index in [2.05, 4.69) is 5.32 Å². The Morgan fingerprint density at radius 1 is 1.38 bits per heavy atom. The third-order valence-electron chi connectivity index (χ3n) is 3.45. The highest BCUT2D eigenvalue weighted by Crippen LogP contribution is 2.25. The number of carbonyl (C=O) groups excluding carboxylic acids is 2. The van der Waals surface area contributed by atoms with Crippen molar-refractivity contribution in [1.29, 1.82) is 0 Å². The van der Waals surface area contributed by atoms with Gasteiger partial charge < -0.3 is 5.32 Å². The monoisotopic (exact) mass is 291 g/mol. The standard InChI is InChI=1S/C14H17N3O4/c1-8(2)16-13(18)7-12(14(16)19)15-11-5-4-10(17(20)21)6-9(11)3/h4-6,8,12,15H,7H2,1-3H3. The first-order valence-electron chi connectivity index (χ1n) is 6.68. The van der Waals surface area contributed by atoms with Crippen LogP contribution in [0.25, 0.3) is 0 Å². The zero-order valence-electron chi connectivity index (χ0n) is 12.1. The second-order valence-corrected chi connectivity index (χ2v) is 5.35. The van der Waals surface area contributed by atoms with E-state index >= 15 is 0 Å². The third-order valence-corrected chi connectivity index (χ3v) is 3.45. The number of benzene rings is 1. The Labute approximate surface area is 122 Å². The number of nitro benzene ring substituents is 1. The molecule has 1 aromatic carbocycles. The van der Waals surface area contributed by atoms with Gasteiger partial charge in [-0.15, -0.1) is 0 Å². The van der Waals surface area contributed by atoms with Crippen LogP contribution in [0.1, 0.15) is 25.8 Å². The molecule has 0 spiro atoms. The maximum atomic E-state index is 12.2. The summed E-state index contributed by atoms with van der Waals surface area (Å²) < 4.78 is 0. The first kappa shape index (κ1) is 15.0. The molecule has 0 aliphatic carbocycles. The van der Waals surface area contributed by atoms with Gasteiger partial charge >= 0.3 is 0 Å². The first-order valence-corrected chi connectivity index (χ1v) is 6.68. The third kappa shape index (κ3) is 2.86. The quantitative estimate of drug-likeness (QED) is 0.519. The zero-order chi connectivity index (χ0) is 15.7. The topological polar surface area (TPSA) is 92.6 Å². The van der Waals surface area contributed by atoms with Crippen LogP contribution in [-0.2, 0) is 9.59 Å². The minimum absolute atomic E-state index is 0.00400. The molecule has 1 aliphatic rings. The summed E-state index contributed by atoms with van der Waals surface area (Å²) in [6.45, 7) is 5.29. The fourth-order valence-electron chi connectivity index (χ4n) is 2.42. The summed E-state index contributed by atoms with van der Waals surface area (Å²) >= 11 is 0. The van der Waals surface area contributed by atoms with E-state index in [0.29, 0.717) is 11.3 Å². The average Bonchev–Trinajstić information content (AvgIpc) is 2.66. The SMILES string of the molecule is Cc1cc([N+](=O)[O-])ccc1NC1CC(=O)N(C(C)C)C1=O. The predicted molar refractivity (Wildman–Crippen MR) is 76.9 cm³/mol. The minimum atomic E-state index is -0.611. The van der Waals surface area contributed by atoms with Gasteiger partial charge in [-0.2, -0.15) is 0 Å². The van der Waals surface area contributed by atoms with Crippen molar-refractivity contribution >= 4 is 23.2 Å². The summed E-state index contributed by atoms with van der Waals surface area (Å²) in [5.74, 6) is -0.459. The lowest BCUT2D eigenvalue weighted by Gasteiger charge is -2.19. The number of hydrogen-bond acceptors (Lipinski definition) is 5. The Kier molecular flexibility index (Phi) is 3.93. The van der Waals surface area contributed by atoms with Crippen LogP contribution in [0.15, 0.2) is 18.2 Å². The van der Waals surface area contributed by atoms with Gasteiger partial charge in [-0.1, -0.05) is 0 Å². The van der Waals surface area contributed by atoms with E-state index in [1.54, 1.807) is 26.8 Å². The van der Waals surface area contributed by atoms with Gasteiger partial charge in [-0.3, -0.25) is 24.6 Å². The molecule has 0 aromatic heterocycles. The van der Waals surface area contributed by atoms with Gasteiger partial charge in [0.2, 0.25) is 5.91 Å². The van der Waals surface area contributed by atoms with Gasteiger partial charge in [0.1, 0.15) is 6.04 Å². The molecule has 0 bridgehead atoms. The van der Waals surface area contributed by atoms with Crippen LogP contribution < -0.4 is 5.32 Å². The van der Waals surface area contributed by atoms with Crippen molar-refractivity contribution in [2.75, 3.05) is 5.32 Å². The molecule has 1 heterocycles. The zero-order valence-corrected chi connectivity index (χ0v) is 12.1. The molecular formula is C14H17N3O4. The molecule has 1 fully saturated rings. The van der Waals surface area contributed by atoms with Crippen LogP contribution in [0.3, 0.4) is 0 Å². The molecule has 1 aromatic rings. The lowest BCUT2D eigenvalue weighted by atomic mass is 10.1. The Morgan fingerprint density at radius 3 is 2.52 bits per heavy atom. The number of imide groups is 1. The van der Waals surface area contributed by atoms with E-state index in [1.807, 2.05) is 0 Å². The largest absolute Gasteiger partial charge is 0.373 e. The van der Waals surface area contributed by atoms with Gasteiger partial charge in [0.05, 0.1) is 11.3 Å². The van der Waals surface area contributed by atoms with Crippen molar-refractivity contribution in [1.82, 2.24) is 4.90 Å². The second kappa shape index (κ2) is 5.51. The number of hydrogen-bond donors (Lipinski definition) is 1. The number of rotatable bonds is 4. The van der Waals surface area contributed by atoms with Crippen molar-refractivity contribution in [2.45, 2.75) is 39.3 Å². The Hall–Kier alpha value is -2.44. The Balaban J connectivity index is 2.18. The second-order valence-electron chi connectivity index (χ2n) is 5.35. The summed E-state index contributed by atoms with van der Waals surface area (Å²) in [5, 5.41) is 13.7. The molecule has 1 atom stereocenters. The fourth-order valence-corrected chi connectivity index (χ4v) is 2.42. The molecule has 112 valence electrons. The van der Waals surface area contributed by atoms with E-state index in [0.717, 1.165) is 0 Å². The summed E-state index contributed by atoms with van der Waals surface area (Å²) in [5.41, 5.74) is 1.28. The van der Waals surface area contributed by atoms with E-state index < -0.39 is 11.0 Å². The van der Waals surface area contributed by atoms with E-state index in [4.69, 9.17) is 0 Å². The van der Waals surface area contributed by atoms with Crippen molar-refractivity contribution < 1.29 is 14.5 Å². The number of nitrogens with zero attached hydrogens (tertiary/aromatic N) is 2. The number of carbonyl (C=O) groups is 2. The highest BCUT2D eigenvalue weighted by Gasteiger charge is 2.39. The Morgan fingerprint density at radius 2 is 2.05 bits per heavy atom. The van der Waals surface area contributed by atoms with E-state index in [1.165, 1.54) is 17.0 Å². The maximum Gasteiger partial charge on any atom is 0.269 e. The summed E-state index contributed by atoms with van der Waals surface area (Å²) in [4.78, 5) is 35.5. The normalized spacial score (nSPS) is 18.5. The molecule has 2 amide bonds. The van der Waals surface area contributed by atoms with Crippen molar-refractivity contribution in [3.63, 3.8) is 0 Å². The molecule has 21 heavy (non-hydrogen) atoms. The molecule has 1 unspecified atom stereocenters. The first-order chi connectivity index (χ1) is 9.81. The van der Waals surface area contributed by atoms with Crippen molar-refractivity contribution in [2.24, 2.45) is 0 Å². The average molecular weight is 291 g/mol. The number of nitrogens with one attached hydrogen (secondary N) is 1. The van der Waals surface area contributed by atoms with Crippen LogP contribution in [0.2, 0.25) is 0 Å². The van der Waals surface area contributed by atoms with Crippen molar-refractivity contribution in [3.05, 3.63) is 33.9 Å². The van der Waals surface area contributed by atoms with E-state index in [9.17, 15) is 19.7 Å². The van der Waals surface area contributed by atoms with Crippen LogP contribution in [-0.4, -0.2) is 33.7 Å². The molecule has 1 N–H and O–H groups in total. The van der Waals surface area contributed by atoms with Gasteiger partial charge in [-0.05, 0) is 32.4 Å². The van der Waals surface area contributed by atoms with Crippen molar-refractivity contribution in [3.8, 4) is 0 Å². The van der Waals surface area contributed by atoms with Crippen LogP contribution in [0.5, 0.6) is 0 Å². The molecule has 7 nitrogen and oxygen atoms in total. The molecule has 2 rings (SSSR count). The number of nitro groups is 1. The molecule has 0 radical (unpaired) electrons. The van der Waals surface area contributed by atoms with Gasteiger partial charge in [-0.25, -0.2) is 0 Å². The number of non-ortho nitro benzene ring substituents is 1. The number of amides is 2. The Bertz CT molecular complexity index is 612. The maximum absolute atomic E-state index is 12.2. The molecule has 1 aliphatic heterocycles. The highest BCUT2D eigenvalue weighted by molar-refractivity contribution is 6.07. The van der Waals surface area contributed by atoms with Gasteiger partial charge in [0, 0.05) is 23.9 Å². The molecule has 0 saturated carbocycles. The number of aryl methyl sites for hydroxylation is 1.